The first kappa shape index (κ1) is 10.1. The van der Waals surface area contributed by atoms with Gasteiger partial charge in [-0.3, -0.25) is 0 Å². The molecule has 2 aromatic carbocycles. The minimum atomic E-state index is -0.597. The molecule has 0 aromatic heterocycles. The van der Waals surface area contributed by atoms with E-state index in [0.29, 0.717) is 11.1 Å². The summed E-state index contributed by atoms with van der Waals surface area (Å²) in [6, 6.07) is 11.1. The molecule has 0 fully saturated rings. The van der Waals surface area contributed by atoms with Gasteiger partial charge in [0.2, 0.25) is 0 Å². The van der Waals surface area contributed by atoms with E-state index >= 15 is 0 Å². The van der Waals surface area contributed by atoms with Gasteiger partial charge in [0.15, 0.2) is 0 Å². The van der Waals surface area contributed by atoms with Crippen LogP contribution in [0.1, 0.15) is 0 Å². The van der Waals surface area contributed by atoms with Gasteiger partial charge in [-0.25, -0.2) is 8.78 Å². The van der Waals surface area contributed by atoms with Crippen LogP contribution in [0.15, 0.2) is 36.4 Å². The van der Waals surface area contributed by atoms with Gasteiger partial charge < -0.3 is 0 Å². The molecule has 0 amide bonds. The van der Waals surface area contributed by atoms with E-state index in [4.69, 9.17) is 11.6 Å². The topological polar surface area (TPSA) is 0 Å². The third kappa shape index (κ3) is 2.16. The minimum Gasteiger partial charge on any atom is -0.206 e. The average Bonchev–Trinajstić information content (AvgIpc) is 2.16. The van der Waals surface area contributed by atoms with Crippen LogP contribution in [-0.4, -0.2) is 0 Å². The Labute approximate surface area is 91.1 Å². The highest BCUT2D eigenvalue weighted by Gasteiger charge is 2.06. The summed E-state index contributed by atoms with van der Waals surface area (Å²) in [5, 5.41) is 0.133. The second kappa shape index (κ2) is 3.99. The lowest BCUT2D eigenvalue weighted by Gasteiger charge is -2.03. The molecule has 2 rings (SSSR count). The van der Waals surface area contributed by atoms with Crippen LogP contribution in [0.25, 0.3) is 11.1 Å². The highest BCUT2D eigenvalue weighted by molar-refractivity contribution is 6.30. The summed E-state index contributed by atoms with van der Waals surface area (Å²) >= 11 is 5.63. The maximum Gasteiger partial charge on any atom is 0.133 e. The molecule has 0 atom stereocenters. The van der Waals surface area contributed by atoms with Gasteiger partial charge in [0.25, 0.3) is 0 Å². The van der Waals surface area contributed by atoms with Crippen molar-refractivity contribution in [1.82, 2.24) is 0 Å². The number of benzene rings is 2. The van der Waals surface area contributed by atoms with Crippen LogP contribution in [0.4, 0.5) is 8.78 Å². The van der Waals surface area contributed by atoms with Crippen molar-refractivity contribution >= 4 is 11.6 Å². The Morgan fingerprint density at radius 3 is 2.47 bits per heavy atom. The standard InChI is InChI=1S/C12H6ClF2/c13-9-5-8(6-10(14)7-9)11-3-1-2-4-12(11)15/h1-6H. The second-order valence-corrected chi connectivity index (χ2v) is 3.45. The predicted octanol–water partition coefficient (Wildman–Crippen LogP) is 4.09. The summed E-state index contributed by atoms with van der Waals surface area (Å²) in [7, 11) is 0. The molecule has 0 unspecified atom stereocenters. The van der Waals surface area contributed by atoms with Gasteiger partial charge >= 0.3 is 0 Å². The van der Waals surface area contributed by atoms with E-state index in [1.807, 2.05) is 0 Å². The first-order valence-corrected chi connectivity index (χ1v) is 4.68. The molecule has 0 N–H and O–H groups in total. The summed E-state index contributed by atoms with van der Waals surface area (Å²) in [4.78, 5) is 0. The molecule has 0 aliphatic carbocycles. The van der Waals surface area contributed by atoms with Crippen LogP contribution in [0.2, 0.25) is 5.02 Å². The molecule has 0 saturated carbocycles. The fourth-order valence-electron chi connectivity index (χ4n) is 1.35. The van der Waals surface area contributed by atoms with Crippen LogP contribution in [0.5, 0.6) is 0 Å². The molecule has 0 saturated heterocycles. The Kier molecular flexibility index (Phi) is 2.69. The van der Waals surface area contributed by atoms with E-state index in [0.717, 1.165) is 0 Å². The molecule has 0 spiro atoms. The molecule has 0 bridgehead atoms. The molecule has 3 heteroatoms. The van der Waals surface area contributed by atoms with Crippen molar-refractivity contribution in [2.45, 2.75) is 0 Å². The largest absolute Gasteiger partial charge is 0.206 e. The van der Waals surface area contributed by atoms with Gasteiger partial charge in [0, 0.05) is 11.6 Å². The highest BCUT2D eigenvalue weighted by Crippen LogP contribution is 2.25. The van der Waals surface area contributed by atoms with Gasteiger partial charge in [0.05, 0.1) is 5.02 Å². The maximum atomic E-state index is 13.4. The normalized spacial score (nSPS) is 10.3. The number of hydrogen-bond donors (Lipinski definition) is 0. The Morgan fingerprint density at radius 1 is 1.07 bits per heavy atom. The van der Waals surface area contributed by atoms with Crippen LogP contribution in [0.3, 0.4) is 0 Å². The lowest BCUT2D eigenvalue weighted by atomic mass is 10.1. The van der Waals surface area contributed by atoms with Crippen molar-refractivity contribution in [3.63, 3.8) is 0 Å². The molecular weight excluding hydrogens is 218 g/mol. The van der Waals surface area contributed by atoms with Crippen LogP contribution < -0.4 is 0 Å². The monoisotopic (exact) mass is 223 g/mol. The smallest absolute Gasteiger partial charge is 0.133 e. The van der Waals surface area contributed by atoms with Gasteiger partial charge in [-0.1, -0.05) is 29.8 Å². The van der Waals surface area contributed by atoms with Crippen LogP contribution >= 0.6 is 11.6 Å². The number of rotatable bonds is 1. The molecule has 0 nitrogen and oxygen atoms in total. The van der Waals surface area contributed by atoms with E-state index in [-0.39, 0.29) is 5.02 Å². The lowest BCUT2D eigenvalue weighted by Crippen LogP contribution is -1.85. The number of hydrogen-bond acceptors (Lipinski definition) is 0. The summed E-state index contributed by atoms with van der Waals surface area (Å²) in [5.41, 5.74) is 0.738. The van der Waals surface area contributed by atoms with Crippen molar-refractivity contribution < 1.29 is 8.78 Å². The van der Waals surface area contributed by atoms with E-state index in [1.165, 1.54) is 18.2 Å². The van der Waals surface area contributed by atoms with E-state index in [2.05, 4.69) is 6.07 Å². The van der Waals surface area contributed by atoms with Crippen molar-refractivity contribution in [3.8, 4) is 11.1 Å². The second-order valence-electron chi connectivity index (χ2n) is 3.04. The summed E-state index contributed by atoms with van der Waals surface area (Å²) in [6.45, 7) is 0. The molecule has 15 heavy (non-hydrogen) atoms. The average molecular weight is 224 g/mol. The first-order valence-electron chi connectivity index (χ1n) is 4.30. The lowest BCUT2D eigenvalue weighted by molar-refractivity contribution is 0.623. The number of halogens is 3. The van der Waals surface area contributed by atoms with Crippen molar-refractivity contribution in [3.05, 3.63) is 59.1 Å². The van der Waals surface area contributed by atoms with Gasteiger partial charge in [-0.2, -0.15) is 0 Å². The van der Waals surface area contributed by atoms with Crippen molar-refractivity contribution in [2.75, 3.05) is 0 Å². The fourth-order valence-corrected chi connectivity index (χ4v) is 1.56. The fraction of sp³-hybridized carbons (Fsp3) is 0. The summed E-state index contributed by atoms with van der Waals surface area (Å²) in [6.07, 6.45) is 0. The van der Waals surface area contributed by atoms with Crippen LogP contribution in [0, 0.1) is 17.7 Å². The molecule has 0 heterocycles. The van der Waals surface area contributed by atoms with E-state index in [9.17, 15) is 8.78 Å². The zero-order valence-corrected chi connectivity index (χ0v) is 8.35. The third-order valence-electron chi connectivity index (χ3n) is 1.99. The summed E-state index contributed by atoms with van der Waals surface area (Å²) < 4.78 is 26.3. The Balaban J connectivity index is 2.59. The molecule has 75 valence electrons. The molecule has 1 radical (unpaired) electrons. The van der Waals surface area contributed by atoms with Crippen molar-refractivity contribution in [2.24, 2.45) is 0 Å². The molecular formula is C12H6ClF2. The minimum absolute atomic E-state index is 0.133. The van der Waals surface area contributed by atoms with Gasteiger partial charge in [-0.15, -0.1) is 0 Å². The zero-order valence-electron chi connectivity index (χ0n) is 7.60. The Morgan fingerprint density at radius 2 is 1.80 bits per heavy atom. The molecule has 0 aliphatic rings. The molecule has 0 aliphatic heterocycles. The summed E-state index contributed by atoms with van der Waals surface area (Å²) in [5.74, 6) is -1.00. The first-order chi connectivity index (χ1) is 7.16. The Hall–Kier alpha value is -1.41. The van der Waals surface area contributed by atoms with E-state index in [1.54, 1.807) is 18.2 Å². The quantitative estimate of drug-likeness (QED) is 0.683. The predicted molar refractivity (Wildman–Crippen MR) is 55.6 cm³/mol. The van der Waals surface area contributed by atoms with Gasteiger partial charge in [-0.05, 0) is 23.8 Å². The Bertz CT molecular complexity index is 474. The van der Waals surface area contributed by atoms with Crippen molar-refractivity contribution in [1.29, 1.82) is 0 Å². The zero-order chi connectivity index (χ0) is 10.8. The molecule has 2 aromatic rings. The third-order valence-corrected chi connectivity index (χ3v) is 2.19. The van der Waals surface area contributed by atoms with E-state index < -0.39 is 11.6 Å². The van der Waals surface area contributed by atoms with Crippen LogP contribution in [-0.2, 0) is 0 Å². The van der Waals surface area contributed by atoms with Gasteiger partial charge in [0.1, 0.15) is 11.6 Å². The highest BCUT2D eigenvalue weighted by atomic mass is 35.5. The SMILES string of the molecule is Fc1[c]c(Cl)cc(-c2ccccc2F)c1. The maximum absolute atomic E-state index is 13.4.